The molecule has 0 radical (unpaired) electrons. The third-order valence-electron chi connectivity index (χ3n) is 2.43. The van der Waals surface area contributed by atoms with Crippen molar-refractivity contribution in [1.82, 2.24) is 10.3 Å². The van der Waals surface area contributed by atoms with Gasteiger partial charge in [-0.1, -0.05) is 0 Å². The van der Waals surface area contributed by atoms with Crippen LogP contribution >= 0.6 is 0 Å². The van der Waals surface area contributed by atoms with Crippen LogP contribution in [0.5, 0.6) is 5.88 Å². The second-order valence-corrected chi connectivity index (χ2v) is 3.68. The van der Waals surface area contributed by atoms with E-state index in [2.05, 4.69) is 10.3 Å². The lowest BCUT2D eigenvalue weighted by Crippen LogP contribution is -2.28. The van der Waals surface area contributed by atoms with Crippen LogP contribution in [0.3, 0.4) is 0 Å². The summed E-state index contributed by atoms with van der Waals surface area (Å²) in [7, 11) is 0. The predicted molar refractivity (Wildman–Crippen MR) is 51.4 cm³/mol. The summed E-state index contributed by atoms with van der Waals surface area (Å²) in [4.78, 5) is 3.51. The first-order valence-electron chi connectivity index (χ1n) is 5.02. The van der Waals surface area contributed by atoms with Gasteiger partial charge in [0, 0.05) is 19.3 Å². The number of rotatable bonds is 2. The predicted octanol–water partition coefficient (Wildman–Crippen LogP) is 1.79. The SMILES string of the molecule is FC1CNCC1Oc1ncccc1C(F)(F)F. The van der Waals surface area contributed by atoms with Crippen molar-refractivity contribution in [2.24, 2.45) is 0 Å². The van der Waals surface area contributed by atoms with Crippen molar-refractivity contribution in [2.75, 3.05) is 13.1 Å². The van der Waals surface area contributed by atoms with E-state index in [4.69, 9.17) is 4.74 Å². The zero-order valence-electron chi connectivity index (χ0n) is 8.67. The highest BCUT2D eigenvalue weighted by Crippen LogP contribution is 2.35. The summed E-state index contributed by atoms with van der Waals surface area (Å²) in [6.45, 7) is 0.258. The fourth-order valence-corrected chi connectivity index (χ4v) is 1.58. The van der Waals surface area contributed by atoms with Gasteiger partial charge in [0.2, 0.25) is 5.88 Å². The number of alkyl halides is 4. The molecule has 2 rings (SSSR count). The molecule has 1 aliphatic heterocycles. The number of ether oxygens (including phenoxy) is 1. The van der Waals surface area contributed by atoms with Crippen LogP contribution in [-0.4, -0.2) is 30.3 Å². The smallest absolute Gasteiger partial charge is 0.421 e. The third kappa shape index (κ3) is 2.66. The highest BCUT2D eigenvalue weighted by Gasteiger charge is 2.37. The molecule has 1 aromatic rings. The Kier molecular flexibility index (Phi) is 3.19. The highest BCUT2D eigenvalue weighted by molar-refractivity contribution is 5.28. The first-order chi connectivity index (χ1) is 7.98. The molecule has 1 aromatic heterocycles. The van der Waals surface area contributed by atoms with Gasteiger partial charge in [0.15, 0.2) is 6.17 Å². The van der Waals surface area contributed by atoms with Crippen LogP contribution in [0.1, 0.15) is 5.56 Å². The summed E-state index contributed by atoms with van der Waals surface area (Å²) in [5, 5.41) is 2.69. The van der Waals surface area contributed by atoms with Crippen molar-refractivity contribution in [2.45, 2.75) is 18.5 Å². The summed E-state index contributed by atoms with van der Waals surface area (Å²) >= 11 is 0. The minimum Gasteiger partial charge on any atom is -0.469 e. The zero-order chi connectivity index (χ0) is 12.5. The van der Waals surface area contributed by atoms with Crippen molar-refractivity contribution < 1.29 is 22.3 Å². The van der Waals surface area contributed by atoms with Crippen LogP contribution in [0.4, 0.5) is 17.6 Å². The van der Waals surface area contributed by atoms with E-state index in [1.807, 2.05) is 0 Å². The van der Waals surface area contributed by atoms with Crippen LogP contribution in [-0.2, 0) is 6.18 Å². The molecule has 94 valence electrons. The summed E-state index contributed by atoms with van der Waals surface area (Å²) in [6, 6.07) is 2.02. The van der Waals surface area contributed by atoms with E-state index in [-0.39, 0.29) is 13.1 Å². The lowest BCUT2D eigenvalue weighted by atomic mass is 10.2. The summed E-state index contributed by atoms with van der Waals surface area (Å²) < 4.78 is 56.0. The molecule has 7 heteroatoms. The Bertz CT molecular complexity index is 396. The number of aromatic nitrogens is 1. The maximum atomic E-state index is 13.2. The summed E-state index contributed by atoms with van der Waals surface area (Å²) in [5.74, 6) is -0.573. The molecule has 2 atom stereocenters. The maximum Gasteiger partial charge on any atom is 0.421 e. The Morgan fingerprint density at radius 3 is 2.71 bits per heavy atom. The van der Waals surface area contributed by atoms with Crippen molar-refractivity contribution in [3.05, 3.63) is 23.9 Å². The molecule has 2 heterocycles. The van der Waals surface area contributed by atoms with Gasteiger partial charge in [0.25, 0.3) is 0 Å². The second-order valence-electron chi connectivity index (χ2n) is 3.68. The molecule has 0 aliphatic carbocycles. The fraction of sp³-hybridized carbons (Fsp3) is 0.500. The van der Waals surface area contributed by atoms with Crippen LogP contribution in [0.2, 0.25) is 0 Å². The van der Waals surface area contributed by atoms with Gasteiger partial charge in [-0.25, -0.2) is 9.37 Å². The van der Waals surface area contributed by atoms with Crippen LogP contribution in [0, 0.1) is 0 Å². The van der Waals surface area contributed by atoms with Gasteiger partial charge in [-0.15, -0.1) is 0 Å². The van der Waals surface area contributed by atoms with E-state index < -0.39 is 29.9 Å². The molecule has 1 N–H and O–H groups in total. The van der Waals surface area contributed by atoms with Crippen molar-refractivity contribution in [3.8, 4) is 5.88 Å². The lowest BCUT2D eigenvalue weighted by Gasteiger charge is -2.17. The molecule has 0 spiro atoms. The van der Waals surface area contributed by atoms with Crippen LogP contribution < -0.4 is 10.1 Å². The van der Waals surface area contributed by atoms with E-state index in [0.29, 0.717) is 0 Å². The molecular weight excluding hydrogens is 240 g/mol. The maximum absolute atomic E-state index is 13.2. The minimum absolute atomic E-state index is 0.0822. The number of nitrogens with zero attached hydrogens (tertiary/aromatic N) is 1. The fourth-order valence-electron chi connectivity index (χ4n) is 1.58. The molecule has 1 fully saturated rings. The van der Waals surface area contributed by atoms with Gasteiger partial charge in [-0.3, -0.25) is 0 Å². The number of pyridine rings is 1. The second kappa shape index (κ2) is 4.48. The molecule has 0 saturated carbocycles. The standard InChI is InChI=1S/C10H10F4N2O/c11-7-4-15-5-8(7)17-9-6(10(12,13)14)2-1-3-16-9/h1-3,7-8,15H,4-5H2. The molecule has 1 saturated heterocycles. The Morgan fingerprint density at radius 1 is 1.35 bits per heavy atom. The van der Waals surface area contributed by atoms with Gasteiger partial charge in [-0.2, -0.15) is 13.2 Å². The van der Waals surface area contributed by atoms with Crippen molar-refractivity contribution in [1.29, 1.82) is 0 Å². The lowest BCUT2D eigenvalue weighted by molar-refractivity contribution is -0.139. The van der Waals surface area contributed by atoms with E-state index in [1.165, 1.54) is 6.20 Å². The number of halogens is 4. The van der Waals surface area contributed by atoms with E-state index in [0.717, 1.165) is 12.1 Å². The molecule has 0 aromatic carbocycles. The first-order valence-corrected chi connectivity index (χ1v) is 5.02. The van der Waals surface area contributed by atoms with Crippen LogP contribution in [0.25, 0.3) is 0 Å². The molecule has 17 heavy (non-hydrogen) atoms. The van der Waals surface area contributed by atoms with Gasteiger partial charge >= 0.3 is 6.18 Å². The van der Waals surface area contributed by atoms with Gasteiger partial charge in [0.1, 0.15) is 11.7 Å². The molecule has 0 bridgehead atoms. The Labute approximate surface area is 94.8 Å². The number of nitrogens with one attached hydrogen (secondary N) is 1. The normalized spacial score (nSPS) is 24.9. The molecule has 1 aliphatic rings. The molecule has 3 nitrogen and oxygen atoms in total. The van der Waals surface area contributed by atoms with Gasteiger partial charge in [0.05, 0.1) is 0 Å². The minimum atomic E-state index is -4.55. The topological polar surface area (TPSA) is 34.1 Å². The number of hydrogen-bond acceptors (Lipinski definition) is 3. The molecular formula is C10H10F4N2O. The van der Waals surface area contributed by atoms with E-state index in [1.54, 1.807) is 0 Å². The number of hydrogen-bond donors (Lipinski definition) is 1. The van der Waals surface area contributed by atoms with Gasteiger partial charge in [-0.05, 0) is 12.1 Å². The zero-order valence-corrected chi connectivity index (χ0v) is 8.67. The van der Waals surface area contributed by atoms with Gasteiger partial charge < -0.3 is 10.1 Å². The quantitative estimate of drug-likeness (QED) is 0.812. The third-order valence-corrected chi connectivity index (χ3v) is 2.43. The summed E-state index contributed by atoms with van der Waals surface area (Å²) in [6.07, 6.45) is -5.62. The first kappa shape index (κ1) is 12.1. The van der Waals surface area contributed by atoms with Crippen molar-refractivity contribution >= 4 is 0 Å². The summed E-state index contributed by atoms with van der Waals surface area (Å²) in [5.41, 5.74) is -0.987. The highest BCUT2D eigenvalue weighted by atomic mass is 19.4. The molecule has 2 unspecified atom stereocenters. The Balaban J connectivity index is 2.21. The van der Waals surface area contributed by atoms with Crippen LogP contribution in [0.15, 0.2) is 18.3 Å². The average molecular weight is 250 g/mol. The Hall–Kier alpha value is -1.37. The van der Waals surface area contributed by atoms with Crippen molar-refractivity contribution in [3.63, 3.8) is 0 Å². The van der Waals surface area contributed by atoms with E-state index in [9.17, 15) is 17.6 Å². The van der Waals surface area contributed by atoms with E-state index >= 15 is 0 Å². The monoisotopic (exact) mass is 250 g/mol. The largest absolute Gasteiger partial charge is 0.469 e. The Morgan fingerprint density at radius 2 is 2.12 bits per heavy atom. The average Bonchev–Trinajstić information content (AvgIpc) is 2.64. The molecule has 0 amide bonds.